The number of allylic oxidation sites excluding steroid dienone is 2. The number of ether oxygens (including phenoxy) is 3. The third-order valence-corrected chi connectivity index (χ3v) is 11.5. The smallest absolute Gasteiger partial charge is 0.260 e. The Labute approximate surface area is 305 Å². The van der Waals surface area contributed by atoms with Crippen LogP contribution < -0.4 is 19.6 Å². The van der Waals surface area contributed by atoms with Gasteiger partial charge in [-0.15, -0.1) is 0 Å². The van der Waals surface area contributed by atoms with Gasteiger partial charge in [0.25, 0.3) is 11.8 Å². The van der Waals surface area contributed by atoms with Crippen molar-refractivity contribution in [3.63, 3.8) is 0 Å². The number of carbonyl (C=O) groups excluding carboxylic acids is 4. The normalized spacial score (nSPS) is 26.8. The number of hydrazine groups is 1. The Bertz CT molecular complexity index is 1960. The summed E-state index contributed by atoms with van der Waals surface area (Å²) in [6.45, 7) is 2.21. The maximum Gasteiger partial charge on any atom is 0.260 e. The highest BCUT2D eigenvalue weighted by Gasteiger charge is 2.71. The SMILES string of the molecule is CCCN1C(=O)[C@H]2[C@H](CC=C3[C@H]2C[C@H]2C(=O)N(Nc4ccc(Cl)cc4Cl)C(=O)[C@@]2(c2ccc(OC)cc2)[C@H]3c2c(OC)cc(O)cc2OC)C1=O. The van der Waals surface area contributed by atoms with E-state index in [9.17, 15) is 19.5 Å². The maximum atomic E-state index is 15.5. The number of hydrogen-bond acceptors (Lipinski definition) is 9. The average Bonchev–Trinajstić information content (AvgIpc) is 3.49. The fraction of sp³-hybridized carbons (Fsp3) is 0.368. The monoisotopic (exact) mass is 733 g/mol. The summed E-state index contributed by atoms with van der Waals surface area (Å²) in [5.74, 6) is -4.63. The summed E-state index contributed by atoms with van der Waals surface area (Å²) < 4.78 is 17.2. The molecule has 3 aromatic carbocycles. The topological polar surface area (TPSA) is 135 Å². The van der Waals surface area contributed by atoms with Gasteiger partial charge in [-0.25, -0.2) is 0 Å². The van der Waals surface area contributed by atoms with E-state index in [1.54, 1.807) is 36.4 Å². The molecule has 3 aromatic rings. The fourth-order valence-electron chi connectivity index (χ4n) is 8.88. The number of nitrogens with zero attached hydrogens (tertiary/aromatic N) is 2. The predicted octanol–water partition coefficient (Wildman–Crippen LogP) is 6.12. The molecular formula is C38H37Cl2N3O8. The van der Waals surface area contributed by atoms with E-state index >= 15 is 4.79 Å². The summed E-state index contributed by atoms with van der Waals surface area (Å²) in [6.07, 6.45) is 2.94. The number of anilines is 1. The number of aromatic hydroxyl groups is 1. The van der Waals surface area contributed by atoms with Gasteiger partial charge >= 0.3 is 0 Å². The van der Waals surface area contributed by atoms with Crippen molar-refractivity contribution < 1.29 is 38.5 Å². The zero-order valence-electron chi connectivity index (χ0n) is 28.4. The van der Waals surface area contributed by atoms with E-state index in [-0.39, 0.29) is 52.6 Å². The second kappa shape index (κ2) is 13.1. The van der Waals surface area contributed by atoms with Crippen LogP contribution in [0.2, 0.25) is 10.0 Å². The molecule has 3 fully saturated rings. The predicted molar refractivity (Wildman–Crippen MR) is 189 cm³/mol. The van der Waals surface area contributed by atoms with Gasteiger partial charge < -0.3 is 19.3 Å². The van der Waals surface area contributed by atoms with Crippen molar-refractivity contribution in [2.45, 2.75) is 37.5 Å². The maximum absolute atomic E-state index is 15.5. The highest BCUT2D eigenvalue weighted by molar-refractivity contribution is 6.36. The van der Waals surface area contributed by atoms with Gasteiger partial charge in [0.05, 0.1) is 55.2 Å². The minimum atomic E-state index is -1.63. The molecule has 2 aliphatic carbocycles. The highest BCUT2D eigenvalue weighted by Crippen LogP contribution is 2.66. The van der Waals surface area contributed by atoms with Crippen molar-refractivity contribution in [1.82, 2.24) is 9.91 Å². The Hall–Kier alpha value is -4.74. The molecule has 0 bridgehead atoms. The van der Waals surface area contributed by atoms with E-state index in [0.29, 0.717) is 34.9 Å². The van der Waals surface area contributed by atoms with Crippen LogP contribution in [0.1, 0.15) is 43.2 Å². The van der Waals surface area contributed by atoms with Crippen molar-refractivity contribution in [3.05, 3.63) is 87.4 Å². The molecule has 6 atom stereocenters. The molecule has 4 aliphatic rings. The van der Waals surface area contributed by atoms with Crippen LogP contribution in [0, 0.1) is 23.7 Å². The minimum Gasteiger partial charge on any atom is -0.508 e. The van der Waals surface area contributed by atoms with E-state index in [0.717, 1.165) is 10.6 Å². The van der Waals surface area contributed by atoms with Crippen LogP contribution in [0.3, 0.4) is 0 Å². The van der Waals surface area contributed by atoms with Gasteiger partial charge in [0.15, 0.2) is 0 Å². The van der Waals surface area contributed by atoms with E-state index in [1.165, 1.54) is 44.4 Å². The summed E-state index contributed by atoms with van der Waals surface area (Å²) in [7, 11) is 4.42. The van der Waals surface area contributed by atoms with Gasteiger partial charge in [-0.3, -0.25) is 29.5 Å². The first-order valence-corrected chi connectivity index (χ1v) is 17.5. The summed E-state index contributed by atoms with van der Waals surface area (Å²) in [5, 5.41) is 12.3. The second-order valence-electron chi connectivity index (χ2n) is 13.3. The van der Waals surface area contributed by atoms with Crippen LogP contribution in [0.25, 0.3) is 0 Å². The van der Waals surface area contributed by atoms with Gasteiger partial charge in [-0.05, 0) is 61.1 Å². The lowest BCUT2D eigenvalue weighted by molar-refractivity contribution is -0.141. The first kappa shape index (κ1) is 34.7. The molecule has 0 aromatic heterocycles. The van der Waals surface area contributed by atoms with Crippen molar-refractivity contribution in [1.29, 1.82) is 0 Å². The quantitative estimate of drug-likeness (QED) is 0.197. The largest absolute Gasteiger partial charge is 0.508 e. The molecule has 2 heterocycles. The third kappa shape index (κ3) is 5.15. The molecule has 4 amide bonds. The number of hydrogen-bond donors (Lipinski definition) is 2. The molecule has 266 valence electrons. The number of methoxy groups -OCH3 is 3. The van der Waals surface area contributed by atoms with Crippen LogP contribution in [-0.4, -0.2) is 66.5 Å². The Kier molecular flexibility index (Phi) is 8.91. The first-order valence-electron chi connectivity index (χ1n) is 16.8. The van der Waals surface area contributed by atoms with E-state index in [2.05, 4.69) is 5.43 Å². The Morgan fingerprint density at radius 1 is 0.882 bits per heavy atom. The van der Waals surface area contributed by atoms with Crippen molar-refractivity contribution in [3.8, 4) is 23.0 Å². The number of fused-ring (bicyclic) bond motifs is 4. The number of likely N-dealkylation sites (tertiary alicyclic amines) is 1. The average molecular weight is 735 g/mol. The van der Waals surface area contributed by atoms with Crippen LogP contribution in [0.5, 0.6) is 23.0 Å². The van der Waals surface area contributed by atoms with Crippen LogP contribution >= 0.6 is 23.2 Å². The number of nitrogens with one attached hydrogen (secondary N) is 1. The summed E-state index contributed by atoms with van der Waals surface area (Å²) in [4.78, 5) is 59.5. The number of imide groups is 2. The second-order valence-corrected chi connectivity index (χ2v) is 14.1. The number of phenols is 1. The summed E-state index contributed by atoms with van der Waals surface area (Å²) in [6, 6.07) is 14.5. The number of amides is 4. The fourth-order valence-corrected chi connectivity index (χ4v) is 9.33. The molecule has 0 unspecified atom stereocenters. The zero-order chi connectivity index (χ0) is 36.4. The number of phenolic OH excluding ortho intramolecular Hbond substituents is 1. The van der Waals surface area contributed by atoms with Gasteiger partial charge in [0, 0.05) is 35.2 Å². The number of halogens is 2. The molecule has 7 rings (SSSR count). The van der Waals surface area contributed by atoms with E-state index in [1.807, 2.05) is 13.0 Å². The molecule has 2 saturated heterocycles. The molecule has 51 heavy (non-hydrogen) atoms. The first-order chi connectivity index (χ1) is 24.5. The Morgan fingerprint density at radius 3 is 2.18 bits per heavy atom. The lowest BCUT2D eigenvalue weighted by Gasteiger charge is -2.51. The lowest BCUT2D eigenvalue weighted by atomic mass is 9.49. The molecule has 13 heteroatoms. The van der Waals surface area contributed by atoms with Gasteiger partial charge in [0.1, 0.15) is 23.0 Å². The molecule has 2 N–H and O–H groups in total. The summed E-state index contributed by atoms with van der Waals surface area (Å²) >= 11 is 12.7. The minimum absolute atomic E-state index is 0.105. The standard InChI is InChI=1S/C38H37Cl2N3O8/c1-5-14-42-34(45)24-12-11-23-25(31(24)36(42)47)18-26-35(46)43(41-28-13-8-20(39)15-27(28)40)37(48)38(26,19-6-9-22(49-2)10-7-19)33(23)32-29(50-3)16-21(44)17-30(32)51-4/h6-11,13,15-17,24-26,31,33,41,44H,5,12,14,18H2,1-4H3/t24-,25+,26-,31-,33+,38+/m0/s1. The molecular weight excluding hydrogens is 697 g/mol. The van der Waals surface area contributed by atoms with Crippen LogP contribution in [0.4, 0.5) is 5.69 Å². The highest BCUT2D eigenvalue weighted by atomic mass is 35.5. The van der Waals surface area contributed by atoms with Crippen LogP contribution in [-0.2, 0) is 24.6 Å². The third-order valence-electron chi connectivity index (χ3n) is 10.9. The van der Waals surface area contributed by atoms with Crippen molar-refractivity contribution in [2.24, 2.45) is 23.7 Å². The number of rotatable bonds is 9. The number of carbonyl (C=O) groups is 4. The van der Waals surface area contributed by atoms with E-state index < -0.39 is 46.8 Å². The van der Waals surface area contributed by atoms with Crippen molar-refractivity contribution in [2.75, 3.05) is 33.3 Å². The van der Waals surface area contributed by atoms with Crippen molar-refractivity contribution >= 4 is 52.5 Å². The Morgan fingerprint density at radius 2 is 1.57 bits per heavy atom. The molecule has 0 spiro atoms. The Balaban J connectivity index is 1.52. The molecule has 0 radical (unpaired) electrons. The number of benzene rings is 3. The van der Waals surface area contributed by atoms with E-state index in [4.69, 9.17) is 37.4 Å². The molecule has 2 aliphatic heterocycles. The van der Waals surface area contributed by atoms with Gasteiger partial charge in [0.2, 0.25) is 11.8 Å². The summed E-state index contributed by atoms with van der Waals surface area (Å²) in [5.41, 5.74) is 3.29. The molecule has 1 saturated carbocycles. The van der Waals surface area contributed by atoms with Gasteiger partial charge in [-0.2, -0.15) is 5.01 Å². The zero-order valence-corrected chi connectivity index (χ0v) is 30.0. The lowest BCUT2D eigenvalue weighted by Crippen LogP contribution is -2.53. The molecule has 11 nitrogen and oxygen atoms in total. The van der Waals surface area contributed by atoms with Crippen LogP contribution in [0.15, 0.2) is 66.2 Å². The van der Waals surface area contributed by atoms with Gasteiger partial charge in [-0.1, -0.05) is 53.9 Å².